The van der Waals surface area contributed by atoms with Crippen molar-refractivity contribution in [2.24, 2.45) is 11.8 Å². The Bertz CT molecular complexity index is 1090. The van der Waals surface area contributed by atoms with Crippen molar-refractivity contribution in [2.45, 2.75) is 38.3 Å². The van der Waals surface area contributed by atoms with Gasteiger partial charge in [-0.2, -0.15) is 0 Å². The summed E-state index contributed by atoms with van der Waals surface area (Å²) in [5.41, 5.74) is -0.845. The molecule has 2 saturated heterocycles. The predicted molar refractivity (Wildman–Crippen MR) is 121 cm³/mol. The van der Waals surface area contributed by atoms with E-state index in [1.165, 1.54) is 16.2 Å². The van der Waals surface area contributed by atoms with Crippen LogP contribution < -0.4 is 19.7 Å². The van der Waals surface area contributed by atoms with E-state index >= 15 is 0 Å². The molecule has 0 saturated carbocycles. The van der Waals surface area contributed by atoms with Gasteiger partial charge in [0.05, 0.1) is 30.2 Å². The Hall–Kier alpha value is -2.91. The maximum atomic E-state index is 13.9. The Kier molecular flexibility index (Phi) is 5.62. The molecule has 2 amide bonds. The molecule has 3 aliphatic heterocycles. The van der Waals surface area contributed by atoms with E-state index in [0.717, 1.165) is 4.88 Å². The first-order chi connectivity index (χ1) is 16.0. The molecular formula is C24H26N2O6S. The molecule has 4 atom stereocenters. The number of ether oxygens (including phenoxy) is 3. The van der Waals surface area contributed by atoms with Gasteiger partial charge in [0.1, 0.15) is 18.8 Å². The lowest BCUT2D eigenvalue weighted by Crippen LogP contribution is -2.56. The summed E-state index contributed by atoms with van der Waals surface area (Å²) in [6, 6.07) is 8.43. The van der Waals surface area contributed by atoms with Crippen LogP contribution in [0, 0.1) is 11.8 Å². The van der Waals surface area contributed by atoms with Crippen molar-refractivity contribution in [1.29, 1.82) is 0 Å². The highest BCUT2D eigenvalue weighted by Crippen LogP contribution is 2.52. The minimum Gasteiger partial charge on any atom is -0.486 e. The highest BCUT2D eigenvalue weighted by Gasteiger charge is 2.68. The van der Waals surface area contributed by atoms with E-state index in [1.807, 2.05) is 24.4 Å². The lowest BCUT2D eigenvalue weighted by molar-refractivity contribution is -0.155. The average molecular weight is 471 g/mol. The third-order valence-electron chi connectivity index (χ3n) is 6.57. The zero-order valence-electron chi connectivity index (χ0n) is 18.5. The maximum absolute atomic E-state index is 13.9. The molecule has 0 spiro atoms. The van der Waals surface area contributed by atoms with Gasteiger partial charge in [-0.3, -0.25) is 19.7 Å². The third kappa shape index (κ3) is 3.33. The summed E-state index contributed by atoms with van der Waals surface area (Å²) in [6.45, 7) is 4.74. The van der Waals surface area contributed by atoms with Crippen molar-refractivity contribution in [1.82, 2.24) is 5.32 Å². The lowest BCUT2D eigenvalue weighted by Gasteiger charge is -2.32. The number of hydrogen-bond donors (Lipinski definition) is 1. The summed E-state index contributed by atoms with van der Waals surface area (Å²) in [6.07, 6.45) is 1.04. The van der Waals surface area contributed by atoms with E-state index in [4.69, 9.17) is 14.2 Å². The van der Waals surface area contributed by atoms with E-state index in [2.05, 4.69) is 5.32 Å². The molecule has 4 heterocycles. The number of hydrogen-bond acceptors (Lipinski definition) is 8. The largest absolute Gasteiger partial charge is 0.486 e. The lowest BCUT2D eigenvalue weighted by atomic mass is 9.77. The van der Waals surface area contributed by atoms with E-state index in [1.54, 1.807) is 25.1 Å². The Balaban J connectivity index is 1.60. The van der Waals surface area contributed by atoms with Gasteiger partial charge in [-0.1, -0.05) is 19.4 Å². The number of nitrogens with one attached hydrogen (secondary N) is 1. The number of fused-ring (bicyclic) bond motifs is 2. The SMILES string of the molecule is CCCC1(C(=O)OCC)NC(c2cccs2)C2C(=O)N(c3ccc4c(c3)OCCO4)C(=O)C21. The highest BCUT2D eigenvalue weighted by atomic mass is 32.1. The van der Waals surface area contributed by atoms with Crippen molar-refractivity contribution < 1.29 is 28.6 Å². The van der Waals surface area contributed by atoms with Crippen LogP contribution >= 0.6 is 11.3 Å². The van der Waals surface area contributed by atoms with Crippen molar-refractivity contribution >= 4 is 34.8 Å². The second-order valence-corrected chi connectivity index (χ2v) is 9.40. The Morgan fingerprint density at radius 1 is 1.18 bits per heavy atom. The van der Waals surface area contributed by atoms with Crippen LogP contribution in [-0.4, -0.2) is 43.1 Å². The van der Waals surface area contributed by atoms with E-state index in [9.17, 15) is 14.4 Å². The Morgan fingerprint density at radius 3 is 2.67 bits per heavy atom. The molecule has 2 fully saturated rings. The molecule has 4 unspecified atom stereocenters. The van der Waals surface area contributed by atoms with Gasteiger partial charge in [0, 0.05) is 10.9 Å². The molecule has 9 heteroatoms. The fourth-order valence-electron chi connectivity index (χ4n) is 5.31. The molecule has 0 radical (unpaired) electrons. The summed E-state index contributed by atoms with van der Waals surface area (Å²) in [7, 11) is 0. The van der Waals surface area contributed by atoms with Crippen LogP contribution in [0.4, 0.5) is 5.69 Å². The standard InChI is InChI=1S/C24H26N2O6S/c1-3-9-24(23(29)30-4-2)19-18(20(25-24)17-6-5-12-33-17)21(27)26(22(19)28)14-7-8-15-16(13-14)32-11-10-31-15/h5-8,12-13,18-20,25H,3-4,9-11H2,1-2H3. The summed E-state index contributed by atoms with van der Waals surface area (Å²) >= 11 is 1.50. The van der Waals surface area contributed by atoms with Crippen LogP contribution in [0.5, 0.6) is 11.5 Å². The summed E-state index contributed by atoms with van der Waals surface area (Å²) in [5, 5.41) is 5.33. The quantitative estimate of drug-likeness (QED) is 0.512. The van der Waals surface area contributed by atoms with Crippen molar-refractivity contribution in [3.63, 3.8) is 0 Å². The normalized spacial score (nSPS) is 28.2. The van der Waals surface area contributed by atoms with Crippen molar-refractivity contribution in [3.8, 4) is 11.5 Å². The summed E-state index contributed by atoms with van der Waals surface area (Å²) in [4.78, 5) is 43.1. The fraction of sp³-hybridized carbons (Fsp3) is 0.458. The Labute approximate surface area is 195 Å². The van der Waals surface area contributed by atoms with Gasteiger partial charge in [0.2, 0.25) is 11.8 Å². The first-order valence-electron chi connectivity index (χ1n) is 11.3. The topological polar surface area (TPSA) is 94.2 Å². The summed E-state index contributed by atoms with van der Waals surface area (Å²) < 4.78 is 16.7. The first-order valence-corrected chi connectivity index (χ1v) is 12.2. The monoisotopic (exact) mass is 470 g/mol. The highest BCUT2D eigenvalue weighted by molar-refractivity contribution is 7.10. The number of imide groups is 1. The van der Waals surface area contributed by atoms with E-state index in [0.29, 0.717) is 43.2 Å². The number of thiophene rings is 1. The van der Waals surface area contributed by atoms with Gasteiger partial charge in [-0.25, -0.2) is 4.90 Å². The molecule has 3 aliphatic rings. The number of esters is 1. The first kappa shape index (κ1) is 21.9. The second kappa shape index (κ2) is 8.46. The van der Waals surface area contributed by atoms with Crippen LogP contribution in [0.1, 0.15) is 37.6 Å². The number of amides is 2. The zero-order chi connectivity index (χ0) is 23.2. The molecule has 8 nitrogen and oxygen atoms in total. The van der Waals surface area contributed by atoms with E-state index < -0.39 is 35.3 Å². The smallest absolute Gasteiger partial charge is 0.327 e. The molecule has 174 valence electrons. The number of carbonyl (C=O) groups is 3. The van der Waals surface area contributed by atoms with Crippen LogP contribution in [0.3, 0.4) is 0 Å². The fourth-order valence-corrected chi connectivity index (χ4v) is 6.14. The minimum absolute atomic E-state index is 0.195. The molecule has 0 aliphatic carbocycles. The molecule has 5 rings (SSSR count). The predicted octanol–water partition coefficient (Wildman–Crippen LogP) is 3.07. The minimum atomic E-state index is -1.26. The number of carbonyl (C=O) groups excluding carboxylic acids is 3. The molecular weight excluding hydrogens is 444 g/mol. The zero-order valence-corrected chi connectivity index (χ0v) is 19.4. The third-order valence-corrected chi connectivity index (χ3v) is 7.53. The molecule has 1 aromatic heterocycles. The van der Waals surface area contributed by atoms with Crippen LogP contribution in [0.2, 0.25) is 0 Å². The number of rotatable bonds is 6. The van der Waals surface area contributed by atoms with Crippen LogP contribution in [0.25, 0.3) is 0 Å². The van der Waals surface area contributed by atoms with Gasteiger partial charge in [-0.05, 0) is 36.9 Å². The van der Waals surface area contributed by atoms with Crippen LogP contribution in [0.15, 0.2) is 35.7 Å². The number of anilines is 1. The maximum Gasteiger partial charge on any atom is 0.327 e. The van der Waals surface area contributed by atoms with Gasteiger partial charge < -0.3 is 14.2 Å². The Morgan fingerprint density at radius 2 is 1.97 bits per heavy atom. The second-order valence-electron chi connectivity index (χ2n) is 8.42. The number of benzene rings is 1. The van der Waals surface area contributed by atoms with Crippen molar-refractivity contribution in [3.05, 3.63) is 40.6 Å². The molecule has 1 N–H and O–H groups in total. The molecule has 1 aromatic carbocycles. The average Bonchev–Trinajstić information content (AvgIpc) is 3.51. The van der Waals surface area contributed by atoms with Gasteiger partial charge in [0.15, 0.2) is 11.5 Å². The molecule has 2 aromatic rings. The summed E-state index contributed by atoms with van der Waals surface area (Å²) in [5.74, 6) is -1.69. The molecule has 0 bridgehead atoms. The van der Waals surface area contributed by atoms with Crippen LogP contribution in [-0.2, 0) is 19.1 Å². The number of nitrogens with zero attached hydrogens (tertiary/aromatic N) is 1. The van der Waals surface area contributed by atoms with Gasteiger partial charge >= 0.3 is 5.97 Å². The van der Waals surface area contributed by atoms with E-state index in [-0.39, 0.29) is 12.5 Å². The van der Waals surface area contributed by atoms with Crippen molar-refractivity contribution in [2.75, 3.05) is 24.7 Å². The molecule has 33 heavy (non-hydrogen) atoms. The van der Waals surface area contributed by atoms with Gasteiger partial charge in [0.25, 0.3) is 0 Å². The van der Waals surface area contributed by atoms with Gasteiger partial charge in [-0.15, -0.1) is 11.3 Å².